The summed E-state index contributed by atoms with van der Waals surface area (Å²) < 4.78 is 119. The third-order valence-corrected chi connectivity index (χ3v) is 5.13. The Balaban J connectivity index is 2.37. The number of benzene rings is 1. The molecule has 1 aliphatic rings. The highest BCUT2D eigenvalue weighted by Gasteiger charge is 2.64. The lowest BCUT2D eigenvalue weighted by Crippen LogP contribution is -2.37. The molecule has 1 atom stereocenters. The topological polar surface area (TPSA) is 9.23 Å². The van der Waals surface area contributed by atoms with Crippen molar-refractivity contribution in [2.75, 3.05) is 0 Å². The molecule has 1 unspecified atom stereocenters. The van der Waals surface area contributed by atoms with Gasteiger partial charge in [0.05, 0.1) is 5.03 Å². The van der Waals surface area contributed by atoms with E-state index in [0.717, 1.165) is 12.1 Å². The molecule has 0 heterocycles. The Morgan fingerprint density at radius 3 is 2.07 bits per heavy atom. The van der Waals surface area contributed by atoms with Crippen molar-refractivity contribution in [1.29, 1.82) is 0 Å². The summed E-state index contributed by atoms with van der Waals surface area (Å²) in [6.45, 7) is 3.16. The van der Waals surface area contributed by atoms with E-state index in [1.807, 2.05) is 0 Å². The van der Waals surface area contributed by atoms with Crippen LogP contribution in [-0.4, -0.2) is 18.5 Å². The van der Waals surface area contributed by atoms with Crippen molar-refractivity contribution in [1.82, 2.24) is 0 Å². The molecule has 0 spiro atoms. The van der Waals surface area contributed by atoms with Gasteiger partial charge in [-0.05, 0) is 41.4 Å². The smallest absolute Gasteiger partial charge is 0.403 e. The first-order valence-corrected chi connectivity index (χ1v) is 8.16. The summed E-state index contributed by atoms with van der Waals surface area (Å²) in [4.78, 5) is 0. The SMILES string of the molecule is CC1(C)CC1(C=C(Cl)C(F)(F)C(F)(F)F)Cc1ccc(F)c(OC(F)(F)F)c1. The quantitative estimate of drug-likeness (QED) is 0.448. The molecule has 0 amide bonds. The van der Waals surface area contributed by atoms with Crippen LogP contribution in [-0.2, 0) is 6.42 Å². The fourth-order valence-electron chi connectivity index (χ4n) is 3.04. The van der Waals surface area contributed by atoms with Crippen LogP contribution >= 0.6 is 11.6 Å². The van der Waals surface area contributed by atoms with Gasteiger partial charge in [0.1, 0.15) is 0 Å². The fraction of sp³-hybridized carbons (Fsp3) is 0.529. The van der Waals surface area contributed by atoms with Crippen molar-refractivity contribution in [2.24, 2.45) is 10.8 Å². The molecule has 0 saturated heterocycles. The van der Waals surface area contributed by atoms with Crippen LogP contribution in [0.1, 0.15) is 25.8 Å². The second-order valence-corrected chi connectivity index (χ2v) is 7.68. The van der Waals surface area contributed by atoms with Gasteiger partial charge in [0.2, 0.25) is 0 Å². The van der Waals surface area contributed by atoms with Crippen LogP contribution in [0.2, 0.25) is 0 Å². The van der Waals surface area contributed by atoms with Crippen molar-refractivity contribution >= 4 is 11.6 Å². The Bertz CT molecular complexity index is 780. The average Bonchev–Trinajstić information content (AvgIpc) is 2.99. The Morgan fingerprint density at radius 2 is 1.64 bits per heavy atom. The highest BCUT2D eigenvalue weighted by atomic mass is 35.5. The second kappa shape index (κ2) is 6.74. The van der Waals surface area contributed by atoms with Gasteiger partial charge in [0.15, 0.2) is 11.6 Å². The summed E-state index contributed by atoms with van der Waals surface area (Å²) in [7, 11) is 0. The molecular weight excluding hydrogens is 427 g/mol. The van der Waals surface area contributed by atoms with Gasteiger partial charge in [-0.3, -0.25) is 0 Å². The Labute approximate surface area is 159 Å². The first-order chi connectivity index (χ1) is 12.4. The van der Waals surface area contributed by atoms with Crippen molar-refractivity contribution < 1.29 is 44.3 Å². The summed E-state index contributed by atoms with van der Waals surface area (Å²) in [5.41, 5.74) is -1.97. The standard InChI is InChI=1S/C17H14ClF9O/c1-13(2)8-14(13,7-12(18)15(20,21)16(22,23)24)6-9-3-4-10(19)11(5-9)28-17(25,26)27/h3-5,7H,6,8H2,1-2H3. The summed E-state index contributed by atoms with van der Waals surface area (Å²) in [5, 5.41) is -1.72. The van der Waals surface area contributed by atoms with Gasteiger partial charge in [-0.2, -0.15) is 22.0 Å². The maximum absolute atomic E-state index is 13.5. The molecule has 1 aromatic carbocycles. The monoisotopic (exact) mass is 440 g/mol. The van der Waals surface area contributed by atoms with E-state index < -0.39 is 45.9 Å². The van der Waals surface area contributed by atoms with E-state index in [2.05, 4.69) is 4.74 Å². The molecule has 1 aliphatic carbocycles. The minimum absolute atomic E-state index is 0.0577. The molecule has 1 fully saturated rings. The molecule has 0 radical (unpaired) electrons. The number of ether oxygens (including phenoxy) is 1. The molecule has 28 heavy (non-hydrogen) atoms. The molecule has 1 aromatic rings. The second-order valence-electron chi connectivity index (χ2n) is 7.27. The van der Waals surface area contributed by atoms with Gasteiger partial charge in [-0.25, -0.2) is 4.39 Å². The number of rotatable bonds is 5. The van der Waals surface area contributed by atoms with Crippen molar-refractivity contribution in [3.05, 3.63) is 40.7 Å². The van der Waals surface area contributed by atoms with Crippen molar-refractivity contribution in [2.45, 2.75) is 45.2 Å². The zero-order valence-electron chi connectivity index (χ0n) is 14.4. The Kier molecular flexibility index (Phi) is 5.47. The number of alkyl halides is 8. The first-order valence-electron chi connectivity index (χ1n) is 7.78. The molecule has 11 heteroatoms. The van der Waals surface area contributed by atoms with Gasteiger partial charge in [0, 0.05) is 0 Å². The predicted octanol–water partition coefficient (Wildman–Crippen LogP) is 7.00. The van der Waals surface area contributed by atoms with Crippen LogP contribution in [0.15, 0.2) is 29.3 Å². The molecule has 2 rings (SSSR count). The molecule has 1 saturated carbocycles. The van der Waals surface area contributed by atoms with Gasteiger partial charge < -0.3 is 4.74 Å². The van der Waals surface area contributed by atoms with Crippen molar-refractivity contribution in [3.8, 4) is 5.75 Å². The van der Waals surface area contributed by atoms with Gasteiger partial charge in [-0.1, -0.05) is 37.6 Å². The lowest BCUT2D eigenvalue weighted by Gasteiger charge is -2.23. The highest BCUT2D eigenvalue weighted by Crippen LogP contribution is 2.67. The van der Waals surface area contributed by atoms with Crippen LogP contribution in [0, 0.1) is 16.6 Å². The van der Waals surface area contributed by atoms with Crippen LogP contribution < -0.4 is 4.74 Å². The number of allylic oxidation sites excluding steroid dienone is 2. The molecule has 1 nitrogen and oxygen atoms in total. The van der Waals surface area contributed by atoms with Crippen LogP contribution in [0.5, 0.6) is 5.75 Å². The first kappa shape index (κ1) is 22.7. The van der Waals surface area contributed by atoms with E-state index >= 15 is 0 Å². The van der Waals surface area contributed by atoms with Gasteiger partial charge >= 0.3 is 18.5 Å². The molecule has 158 valence electrons. The van der Waals surface area contributed by atoms with E-state index in [0.29, 0.717) is 12.1 Å². The Hall–Kier alpha value is -1.58. The van der Waals surface area contributed by atoms with Crippen LogP contribution in [0.3, 0.4) is 0 Å². The largest absolute Gasteiger partial charge is 0.573 e. The molecule has 0 N–H and O–H groups in total. The zero-order valence-corrected chi connectivity index (χ0v) is 15.2. The number of hydrogen-bond acceptors (Lipinski definition) is 1. The molecule has 0 aromatic heterocycles. The van der Waals surface area contributed by atoms with Crippen LogP contribution in [0.4, 0.5) is 39.5 Å². The van der Waals surface area contributed by atoms with E-state index in [4.69, 9.17) is 11.6 Å². The summed E-state index contributed by atoms with van der Waals surface area (Å²) >= 11 is 5.28. The normalized spacial score (nSPS) is 22.9. The molecule has 0 aliphatic heterocycles. The fourth-order valence-corrected chi connectivity index (χ4v) is 3.35. The highest BCUT2D eigenvalue weighted by molar-refractivity contribution is 6.30. The maximum atomic E-state index is 13.5. The third-order valence-electron chi connectivity index (χ3n) is 4.78. The van der Waals surface area contributed by atoms with E-state index in [1.165, 1.54) is 0 Å². The summed E-state index contributed by atoms with van der Waals surface area (Å²) in [5.74, 6) is -7.70. The van der Waals surface area contributed by atoms with E-state index in [-0.39, 0.29) is 18.4 Å². The third kappa shape index (κ3) is 4.52. The minimum Gasteiger partial charge on any atom is -0.403 e. The molecule has 0 bridgehead atoms. The minimum atomic E-state index is -5.90. The Morgan fingerprint density at radius 1 is 1.11 bits per heavy atom. The van der Waals surface area contributed by atoms with Crippen LogP contribution in [0.25, 0.3) is 0 Å². The van der Waals surface area contributed by atoms with Crippen molar-refractivity contribution in [3.63, 3.8) is 0 Å². The lowest BCUT2D eigenvalue weighted by atomic mass is 9.87. The predicted molar refractivity (Wildman–Crippen MR) is 82.6 cm³/mol. The number of hydrogen-bond donors (Lipinski definition) is 0. The van der Waals surface area contributed by atoms with Gasteiger partial charge in [0.25, 0.3) is 0 Å². The lowest BCUT2D eigenvalue weighted by molar-refractivity contribution is -0.275. The van der Waals surface area contributed by atoms with Gasteiger partial charge in [-0.15, -0.1) is 13.2 Å². The molecular formula is C17H14ClF9O. The zero-order chi connectivity index (χ0) is 21.8. The maximum Gasteiger partial charge on any atom is 0.573 e. The summed E-state index contributed by atoms with van der Waals surface area (Å²) in [6, 6.07) is 2.51. The number of halogens is 10. The average molecular weight is 441 g/mol. The van der Waals surface area contributed by atoms with E-state index in [9.17, 15) is 39.5 Å². The van der Waals surface area contributed by atoms with E-state index in [1.54, 1.807) is 13.8 Å². The summed E-state index contributed by atoms with van der Waals surface area (Å²) in [6.07, 6.45) is -10.6.